The number of carbonyl (C=O) groups is 1. The molecule has 0 aliphatic carbocycles. The van der Waals surface area contributed by atoms with E-state index < -0.39 is 5.97 Å². The minimum atomic E-state index is -0.547. The van der Waals surface area contributed by atoms with Gasteiger partial charge in [-0.3, -0.25) is 9.89 Å². The average Bonchev–Trinajstić information content (AvgIpc) is 3.23. The monoisotopic (exact) mass is 395 g/mol. The largest absolute Gasteiger partial charge is 0.456 e. The van der Waals surface area contributed by atoms with Gasteiger partial charge in [0, 0.05) is 17.7 Å². The highest BCUT2D eigenvalue weighted by molar-refractivity contribution is 5.89. The number of benzene rings is 3. The van der Waals surface area contributed by atoms with Crippen LogP contribution in [0.4, 0.5) is 0 Å². The fourth-order valence-corrected chi connectivity index (χ4v) is 3.49. The molecule has 0 amide bonds. The van der Waals surface area contributed by atoms with E-state index in [2.05, 4.69) is 10.1 Å². The molecule has 5 rings (SSSR count). The zero-order valence-corrected chi connectivity index (χ0v) is 15.9. The molecule has 0 radical (unpaired) electrons. The molecule has 0 fully saturated rings. The van der Waals surface area contributed by atoms with Gasteiger partial charge in [-0.15, -0.1) is 0 Å². The van der Waals surface area contributed by atoms with E-state index in [-0.39, 0.29) is 17.9 Å². The number of esters is 1. The number of aromatic nitrogens is 3. The predicted molar refractivity (Wildman–Crippen MR) is 114 cm³/mol. The first-order valence-corrected chi connectivity index (χ1v) is 9.51. The number of hydrogen-bond donors (Lipinski definition) is 1. The number of H-pyrrole nitrogens is 1. The summed E-state index contributed by atoms with van der Waals surface area (Å²) >= 11 is 0. The number of ether oxygens (including phenoxy) is 1. The summed E-state index contributed by atoms with van der Waals surface area (Å²) in [4.78, 5) is 29.6. The molecule has 30 heavy (non-hydrogen) atoms. The van der Waals surface area contributed by atoms with Crippen molar-refractivity contribution in [2.45, 2.75) is 6.61 Å². The van der Waals surface area contributed by atoms with Gasteiger partial charge in [0.05, 0.1) is 5.69 Å². The van der Waals surface area contributed by atoms with Crippen LogP contribution in [-0.2, 0) is 11.3 Å². The maximum atomic E-state index is 12.6. The number of aromatic amines is 1. The topological polar surface area (TPSA) is 76.5 Å². The molecule has 0 saturated carbocycles. The number of hydrogen-bond acceptors (Lipinski definition) is 4. The van der Waals surface area contributed by atoms with Crippen LogP contribution in [0.2, 0.25) is 0 Å². The Kier molecular flexibility index (Phi) is 4.37. The Hall–Kier alpha value is -4.19. The van der Waals surface area contributed by atoms with Crippen molar-refractivity contribution < 1.29 is 9.53 Å². The van der Waals surface area contributed by atoms with Gasteiger partial charge in [-0.05, 0) is 16.3 Å². The summed E-state index contributed by atoms with van der Waals surface area (Å²) in [6.07, 6.45) is 0. The molecule has 0 aliphatic heterocycles. The van der Waals surface area contributed by atoms with Gasteiger partial charge in [-0.25, -0.2) is 14.3 Å². The maximum Gasteiger partial charge on any atom is 0.356 e. The zero-order chi connectivity index (χ0) is 20.5. The summed E-state index contributed by atoms with van der Waals surface area (Å²) in [6.45, 7) is 0.132. The van der Waals surface area contributed by atoms with Crippen LogP contribution in [0, 0.1) is 0 Å². The number of rotatable bonds is 4. The molecule has 2 heterocycles. The Labute approximate surface area is 171 Å². The average molecular weight is 395 g/mol. The molecule has 0 saturated heterocycles. The Morgan fingerprint density at radius 3 is 2.57 bits per heavy atom. The highest BCUT2D eigenvalue weighted by Crippen LogP contribution is 2.20. The van der Waals surface area contributed by atoms with E-state index in [1.54, 1.807) is 0 Å². The van der Waals surface area contributed by atoms with E-state index in [4.69, 9.17) is 4.74 Å². The summed E-state index contributed by atoms with van der Waals surface area (Å²) in [6, 6.07) is 26.2. The van der Waals surface area contributed by atoms with E-state index in [0.29, 0.717) is 11.3 Å². The number of nitrogens with zero attached hydrogens (tertiary/aromatic N) is 2. The third-order valence-electron chi connectivity index (χ3n) is 4.98. The van der Waals surface area contributed by atoms with E-state index in [1.165, 1.54) is 16.6 Å². The van der Waals surface area contributed by atoms with Gasteiger partial charge in [-0.1, -0.05) is 72.8 Å². The van der Waals surface area contributed by atoms with E-state index in [1.807, 2.05) is 72.8 Å². The highest BCUT2D eigenvalue weighted by atomic mass is 16.5. The Morgan fingerprint density at radius 1 is 0.933 bits per heavy atom. The van der Waals surface area contributed by atoms with Crippen LogP contribution in [-0.4, -0.2) is 20.6 Å². The van der Waals surface area contributed by atoms with E-state index in [9.17, 15) is 9.59 Å². The molecule has 3 aromatic carbocycles. The highest BCUT2D eigenvalue weighted by Gasteiger charge is 2.15. The summed E-state index contributed by atoms with van der Waals surface area (Å²) in [7, 11) is 0. The Morgan fingerprint density at radius 2 is 1.70 bits per heavy atom. The molecule has 0 spiro atoms. The first-order chi connectivity index (χ1) is 14.7. The van der Waals surface area contributed by atoms with Crippen LogP contribution in [0.5, 0.6) is 0 Å². The normalized spacial score (nSPS) is 11.1. The molecule has 6 nitrogen and oxygen atoms in total. The molecule has 1 N–H and O–H groups in total. The molecule has 0 unspecified atom stereocenters. The second-order valence-electron chi connectivity index (χ2n) is 6.92. The number of nitrogens with one attached hydrogen (secondary N) is 1. The zero-order valence-electron chi connectivity index (χ0n) is 15.9. The Bertz CT molecular complexity index is 1430. The van der Waals surface area contributed by atoms with Gasteiger partial charge in [-0.2, -0.15) is 0 Å². The quantitative estimate of drug-likeness (QED) is 0.463. The van der Waals surface area contributed by atoms with Crippen LogP contribution < -0.4 is 5.56 Å². The van der Waals surface area contributed by atoms with Crippen LogP contribution in [0.25, 0.3) is 27.7 Å². The van der Waals surface area contributed by atoms with Crippen molar-refractivity contribution in [1.29, 1.82) is 0 Å². The van der Waals surface area contributed by atoms with Gasteiger partial charge < -0.3 is 4.74 Å². The van der Waals surface area contributed by atoms with Crippen molar-refractivity contribution >= 4 is 22.4 Å². The lowest BCUT2D eigenvalue weighted by Gasteiger charge is -2.07. The molecule has 2 aromatic heterocycles. The summed E-state index contributed by atoms with van der Waals surface area (Å²) in [5, 5.41) is 4.90. The smallest absolute Gasteiger partial charge is 0.356 e. The molecular weight excluding hydrogens is 378 g/mol. The molecule has 0 aliphatic rings. The molecular formula is C24H17N3O3. The molecule has 5 aromatic rings. The third-order valence-corrected chi connectivity index (χ3v) is 4.98. The summed E-state index contributed by atoms with van der Waals surface area (Å²) in [5.41, 5.74) is 2.53. The van der Waals surface area contributed by atoms with Crippen LogP contribution >= 0.6 is 0 Å². The van der Waals surface area contributed by atoms with E-state index >= 15 is 0 Å². The van der Waals surface area contributed by atoms with Gasteiger partial charge in [0.15, 0.2) is 5.65 Å². The lowest BCUT2D eigenvalue weighted by atomic mass is 10.1. The van der Waals surface area contributed by atoms with Crippen molar-refractivity contribution in [3.8, 4) is 11.3 Å². The van der Waals surface area contributed by atoms with E-state index in [0.717, 1.165) is 21.9 Å². The fraction of sp³-hybridized carbons (Fsp3) is 0.0417. The Balaban J connectivity index is 1.42. The molecule has 0 atom stereocenters. The SMILES string of the molecule is O=C(OCc1cccc2ccccc12)c1cc2nc(-c3ccccc3)cc(=O)n2[nH]1. The number of fused-ring (bicyclic) bond motifs is 2. The second kappa shape index (κ2) is 7.33. The van der Waals surface area contributed by atoms with Gasteiger partial charge in [0.2, 0.25) is 0 Å². The lowest BCUT2D eigenvalue weighted by molar-refractivity contribution is 0.0467. The number of carbonyl (C=O) groups excluding carboxylic acids is 1. The fourth-order valence-electron chi connectivity index (χ4n) is 3.49. The van der Waals surface area contributed by atoms with Crippen LogP contribution in [0.15, 0.2) is 89.7 Å². The van der Waals surface area contributed by atoms with Crippen molar-refractivity contribution in [3.63, 3.8) is 0 Å². The van der Waals surface area contributed by atoms with Gasteiger partial charge in [0.25, 0.3) is 5.56 Å². The van der Waals surface area contributed by atoms with Crippen molar-refractivity contribution in [3.05, 3.63) is 107 Å². The molecule has 146 valence electrons. The minimum Gasteiger partial charge on any atom is -0.456 e. The molecule has 6 heteroatoms. The maximum absolute atomic E-state index is 12.6. The van der Waals surface area contributed by atoms with Gasteiger partial charge >= 0.3 is 5.97 Å². The predicted octanol–water partition coefficient (Wildman–Crippen LogP) is 4.20. The van der Waals surface area contributed by atoms with Gasteiger partial charge in [0.1, 0.15) is 12.3 Å². The standard InChI is InChI=1S/C24H17N3O3/c28-23-14-20(17-8-2-1-3-9-17)25-22-13-21(26-27(22)23)24(29)30-15-18-11-6-10-16-7-4-5-12-19(16)18/h1-14,26H,15H2. The second-order valence-corrected chi connectivity index (χ2v) is 6.92. The van der Waals surface area contributed by atoms with Crippen LogP contribution in [0.3, 0.4) is 0 Å². The lowest BCUT2D eigenvalue weighted by Crippen LogP contribution is -2.15. The van der Waals surface area contributed by atoms with Crippen molar-refractivity contribution in [2.75, 3.05) is 0 Å². The minimum absolute atomic E-state index is 0.132. The third kappa shape index (κ3) is 3.24. The van der Waals surface area contributed by atoms with Crippen LogP contribution in [0.1, 0.15) is 16.1 Å². The first kappa shape index (κ1) is 17.9. The first-order valence-electron chi connectivity index (χ1n) is 9.51. The summed E-state index contributed by atoms with van der Waals surface area (Å²) in [5.74, 6) is -0.547. The molecule has 0 bridgehead atoms. The summed E-state index contributed by atoms with van der Waals surface area (Å²) < 4.78 is 6.73. The van der Waals surface area contributed by atoms with Crippen molar-refractivity contribution in [2.24, 2.45) is 0 Å². The van der Waals surface area contributed by atoms with Crippen molar-refractivity contribution in [1.82, 2.24) is 14.6 Å².